The minimum absolute atomic E-state index is 0.111. The zero-order valence-electron chi connectivity index (χ0n) is 17.9. The molecule has 0 fully saturated rings. The summed E-state index contributed by atoms with van der Waals surface area (Å²) < 4.78 is 11.7. The molecular formula is C24H32O4Si. The second kappa shape index (κ2) is 11.1. The number of hydrogen-bond donors (Lipinski definition) is 0. The Bertz CT molecular complexity index is 785. The van der Waals surface area contributed by atoms with Crippen LogP contribution in [0.1, 0.15) is 25.3 Å². The van der Waals surface area contributed by atoms with Gasteiger partial charge < -0.3 is 9.47 Å². The van der Waals surface area contributed by atoms with Crippen molar-refractivity contribution < 1.29 is 19.1 Å². The minimum atomic E-state index is -1.09. The topological polar surface area (TPSA) is 52.6 Å². The van der Waals surface area contributed by atoms with Crippen molar-refractivity contribution >= 4 is 19.6 Å². The van der Waals surface area contributed by atoms with E-state index < -0.39 is 8.07 Å². The molecular weight excluding hydrogens is 380 g/mol. The molecule has 1 aromatic carbocycles. The normalized spacial score (nSPS) is 16.0. The molecule has 1 aliphatic rings. The number of rotatable bonds is 11. The monoisotopic (exact) mass is 412 g/mol. The summed E-state index contributed by atoms with van der Waals surface area (Å²) in [6, 6.07) is 11.1. The number of hydrogen-bond acceptors (Lipinski definition) is 4. The predicted molar refractivity (Wildman–Crippen MR) is 119 cm³/mol. The second-order valence-corrected chi connectivity index (χ2v) is 14.1. The maximum absolute atomic E-state index is 12.2. The van der Waals surface area contributed by atoms with Crippen LogP contribution in [0.3, 0.4) is 0 Å². The molecule has 0 amide bonds. The largest absolute Gasteiger partial charge is 0.484 e. The Balaban J connectivity index is 1.93. The average Bonchev–Trinajstić information content (AvgIpc) is 2.65. The maximum atomic E-state index is 12.2. The Morgan fingerprint density at radius 3 is 2.41 bits per heavy atom. The van der Waals surface area contributed by atoms with Gasteiger partial charge in [0.15, 0.2) is 11.5 Å². The van der Waals surface area contributed by atoms with E-state index in [9.17, 15) is 9.59 Å². The summed E-state index contributed by atoms with van der Waals surface area (Å²) >= 11 is 0. The van der Waals surface area contributed by atoms with Gasteiger partial charge in [0, 0.05) is 19.7 Å². The van der Waals surface area contributed by atoms with Crippen LogP contribution in [0.5, 0.6) is 0 Å². The van der Waals surface area contributed by atoms with E-state index in [1.807, 2.05) is 30.3 Å². The van der Waals surface area contributed by atoms with Crippen LogP contribution in [0.4, 0.5) is 0 Å². The van der Waals surface area contributed by atoms with Crippen molar-refractivity contribution in [3.05, 3.63) is 71.5 Å². The zero-order chi connectivity index (χ0) is 21.3. The molecule has 0 saturated carbocycles. The lowest BCUT2D eigenvalue weighted by atomic mass is 10.0. The summed E-state index contributed by atoms with van der Waals surface area (Å²) in [7, 11) is -1.09. The highest BCUT2D eigenvalue weighted by Crippen LogP contribution is 2.18. The van der Waals surface area contributed by atoms with Crippen LogP contribution in [0.15, 0.2) is 66.0 Å². The minimum Gasteiger partial charge on any atom is -0.484 e. The molecule has 0 aliphatic heterocycles. The molecule has 2 rings (SSSR count). The van der Waals surface area contributed by atoms with E-state index in [1.54, 1.807) is 6.92 Å². The van der Waals surface area contributed by atoms with Crippen molar-refractivity contribution in [1.82, 2.24) is 0 Å². The standard InChI is InChI=1S/C24H32O4Si/c1-19-15-23(26)24(16-22(19)25)28-21(13-9-6-10-14-29(2,3)4)18-27-17-20-11-7-5-8-12-20/h5-8,10-12,15-16,21H,9,13-14,17-18H2,1-4H3/b10-6-. The van der Waals surface area contributed by atoms with Gasteiger partial charge in [-0.15, -0.1) is 0 Å². The van der Waals surface area contributed by atoms with Gasteiger partial charge in [-0.05, 0) is 37.4 Å². The number of ketones is 2. The van der Waals surface area contributed by atoms with Crippen molar-refractivity contribution in [2.24, 2.45) is 0 Å². The van der Waals surface area contributed by atoms with Gasteiger partial charge in [0.1, 0.15) is 6.10 Å². The first-order chi connectivity index (χ1) is 13.7. The highest BCUT2D eigenvalue weighted by Gasteiger charge is 2.22. The lowest BCUT2D eigenvalue weighted by Gasteiger charge is -2.21. The van der Waals surface area contributed by atoms with Crippen molar-refractivity contribution in [1.29, 1.82) is 0 Å². The number of ether oxygens (including phenoxy) is 2. The Morgan fingerprint density at radius 2 is 1.72 bits per heavy atom. The van der Waals surface area contributed by atoms with Gasteiger partial charge in [0.25, 0.3) is 0 Å². The summed E-state index contributed by atoms with van der Waals surface area (Å²) in [5, 5.41) is 0. The molecule has 5 heteroatoms. The molecule has 0 saturated heterocycles. The first-order valence-electron chi connectivity index (χ1n) is 10.2. The van der Waals surface area contributed by atoms with E-state index >= 15 is 0 Å². The molecule has 1 aliphatic carbocycles. The van der Waals surface area contributed by atoms with Crippen LogP contribution in [0, 0.1) is 0 Å². The first-order valence-corrected chi connectivity index (χ1v) is 13.9. The van der Waals surface area contributed by atoms with Gasteiger partial charge in [0.05, 0.1) is 13.2 Å². The Morgan fingerprint density at radius 1 is 1.00 bits per heavy atom. The quantitative estimate of drug-likeness (QED) is 0.283. The fraction of sp³-hybridized carbons (Fsp3) is 0.417. The molecule has 1 unspecified atom stereocenters. The van der Waals surface area contributed by atoms with Crippen molar-refractivity contribution in [2.45, 2.75) is 58.2 Å². The highest BCUT2D eigenvalue weighted by molar-refractivity contribution is 6.76. The fourth-order valence-electron chi connectivity index (χ4n) is 2.81. The summed E-state index contributed by atoms with van der Waals surface area (Å²) in [4.78, 5) is 24.1. The van der Waals surface area contributed by atoms with Gasteiger partial charge in [0.2, 0.25) is 5.78 Å². The van der Waals surface area contributed by atoms with Gasteiger partial charge in [-0.1, -0.05) is 62.1 Å². The molecule has 0 aromatic heterocycles. The smallest absolute Gasteiger partial charge is 0.220 e. The molecule has 1 aromatic rings. The van der Waals surface area contributed by atoms with E-state index in [1.165, 1.54) is 12.2 Å². The Hall–Kier alpha value is -2.24. The van der Waals surface area contributed by atoms with Crippen LogP contribution in [-0.2, 0) is 25.7 Å². The van der Waals surface area contributed by atoms with Crippen molar-refractivity contribution in [3.63, 3.8) is 0 Å². The molecule has 0 radical (unpaired) electrons. The number of benzene rings is 1. The molecule has 4 nitrogen and oxygen atoms in total. The summed E-state index contributed by atoms with van der Waals surface area (Å²) in [5.41, 5.74) is 1.52. The van der Waals surface area contributed by atoms with Gasteiger partial charge in [-0.2, -0.15) is 0 Å². The van der Waals surface area contributed by atoms with Crippen LogP contribution < -0.4 is 0 Å². The lowest BCUT2D eigenvalue weighted by molar-refractivity contribution is -0.119. The molecule has 0 N–H and O–H groups in total. The third-order valence-corrected chi connectivity index (χ3v) is 5.96. The molecule has 29 heavy (non-hydrogen) atoms. The molecule has 0 spiro atoms. The third kappa shape index (κ3) is 8.75. The van der Waals surface area contributed by atoms with Crippen LogP contribution in [0.2, 0.25) is 25.7 Å². The molecule has 0 heterocycles. The van der Waals surface area contributed by atoms with E-state index in [4.69, 9.17) is 9.47 Å². The predicted octanol–water partition coefficient (Wildman–Crippen LogP) is 5.25. The van der Waals surface area contributed by atoms with Crippen molar-refractivity contribution in [3.8, 4) is 0 Å². The van der Waals surface area contributed by atoms with E-state index in [0.29, 0.717) is 18.8 Å². The molecule has 1 atom stereocenters. The zero-order valence-corrected chi connectivity index (χ0v) is 18.9. The van der Waals surface area contributed by atoms with E-state index in [0.717, 1.165) is 24.4 Å². The number of carbonyl (C=O) groups excluding carboxylic acids is 2. The number of allylic oxidation sites excluding steroid dienone is 5. The summed E-state index contributed by atoms with van der Waals surface area (Å²) in [6.07, 6.45) is 8.33. The summed E-state index contributed by atoms with van der Waals surface area (Å²) in [6.45, 7) is 9.50. The Kier molecular flexibility index (Phi) is 8.80. The van der Waals surface area contributed by atoms with Crippen LogP contribution in [0.25, 0.3) is 0 Å². The molecule has 156 valence electrons. The van der Waals surface area contributed by atoms with Crippen LogP contribution in [-0.4, -0.2) is 32.4 Å². The number of carbonyl (C=O) groups is 2. The molecule has 0 bridgehead atoms. The fourth-order valence-corrected chi connectivity index (χ4v) is 3.68. The van der Waals surface area contributed by atoms with Gasteiger partial charge in [-0.25, -0.2) is 0 Å². The summed E-state index contributed by atoms with van der Waals surface area (Å²) in [5.74, 6) is -0.331. The lowest BCUT2D eigenvalue weighted by Crippen LogP contribution is -2.24. The van der Waals surface area contributed by atoms with E-state index in [2.05, 4.69) is 31.8 Å². The van der Waals surface area contributed by atoms with Crippen LogP contribution >= 0.6 is 0 Å². The first kappa shape index (κ1) is 23.0. The average molecular weight is 413 g/mol. The van der Waals surface area contributed by atoms with Crippen molar-refractivity contribution in [2.75, 3.05) is 6.61 Å². The second-order valence-electron chi connectivity index (χ2n) is 8.62. The maximum Gasteiger partial charge on any atom is 0.220 e. The highest BCUT2D eigenvalue weighted by atomic mass is 28.3. The third-order valence-electron chi connectivity index (χ3n) is 4.50. The van der Waals surface area contributed by atoms with Gasteiger partial charge in [-0.3, -0.25) is 9.59 Å². The Labute approximate surface area is 175 Å². The van der Waals surface area contributed by atoms with Gasteiger partial charge >= 0.3 is 0 Å². The SMILES string of the molecule is CC1=CC(=O)C(OC(CC/C=C\C[Si](C)(C)C)COCc2ccccc2)=CC1=O. The van der Waals surface area contributed by atoms with E-state index in [-0.39, 0.29) is 23.4 Å².